The van der Waals surface area contributed by atoms with E-state index < -0.39 is 11.7 Å². The first-order valence-corrected chi connectivity index (χ1v) is 10.8. The van der Waals surface area contributed by atoms with Crippen LogP contribution in [0.3, 0.4) is 0 Å². The number of aryl methyl sites for hydroxylation is 1. The van der Waals surface area contributed by atoms with Gasteiger partial charge in [-0.2, -0.15) is 0 Å². The molecular formula is C24H26ClN5O3. The Morgan fingerprint density at radius 1 is 1.06 bits per heavy atom. The zero-order chi connectivity index (χ0) is 24.2. The molecule has 3 aromatic rings. The SMILES string of the molecule is Cc1nc(Cl)cc(C(C)NC(=O)c2ccc(-c3ccc(NC(=O)OC(C)(C)C)cn3)cc2)n1. The van der Waals surface area contributed by atoms with Crippen molar-refractivity contribution >= 4 is 29.3 Å². The monoisotopic (exact) mass is 467 g/mol. The number of halogens is 1. The summed E-state index contributed by atoms with van der Waals surface area (Å²) < 4.78 is 5.23. The molecule has 2 amide bonds. The number of amides is 2. The Bertz CT molecular complexity index is 1120. The molecule has 1 atom stereocenters. The number of aromatic nitrogens is 3. The Kier molecular flexibility index (Phi) is 7.28. The van der Waals surface area contributed by atoms with E-state index in [4.69, 9.17) is 16.3 Å². The van der Waals surface area contributed by atoms with Gasteiger partial charge in [0.2, 0.25) is 0 Å². The van der Waals surface area contributed by atoms with Crippen molar-refractivity contribution in [2.24, 2.45) is 0 Å². The Balaban J connectivity index is 1.63. The molecule has 172 valence electrons. The third-order valence-electron chi connectivity index (χ3n) is 4.47. The number of hydrogen-bond acceptors (Lipinski definition) is 6. The number of hydrogen-bond donors (Lipinski definition) is 2. The summed E-state index contributed by atoms with van der Waals surface area (Å²) >= 11 is 5.99. The molecule has 0 aliphatic rings. The lowest BCUT2D eigenvalue weighted by molar-refractivity contribution is 0.0635. The van der Waals surface area contributed by atoms with Crippen molar-refractivity contribution in [3.05, 3.63) is 70.9 Å². The van der Waals surface area contributed by atoms with E-state index in [1.54, 1.807) is 64.2 Å². The highest BCUT2D eigenvalue weighted by atomic mass is 35.5. The van der Waals surface area contributed by atoms with Gasteiger partial charge >= 0.3 is 6.09 Å². The van der Waals surface area contributed by atoms with Gasteiger partial charge in [0.25, 0.3) is 5.91 Å². The zero-order valence-electron chi connectivity index (χ0n) is 19.1. The molecule has 3 rings (SSSR count). The number of benzene rings is 1. The number of nitrogens with one attached hydrogen (secondary N) is 2. The van der Waals surface area contributed by atoms with Crippen LogP contribution in [0.4, 0.5) is 10.5 Å². The minimum absolute atomic E-state index is 0.230. The summed E-state index contributed by atoms with van der Waals surface area (Å²) in [4.78, 5) is 37.2. The van der Waals surface area contributed by atoms with Crippen LogP contribution < -0.4 is 10.6 Å². The molecule has 33 heavy (non-hydrogen) atoms. The first kappa shape index (κ1) is 24.1. The molecule has 2 heterocycles. The Morgan fingerprint density at radius 2 is 1.76 bits per heavy atom. The summed E-state index contributed by atoms with van der Waals surface area (Å²) in [5.74, 6) is 0.314. The Hall–Kier alpha value is -3.52. The number of carbonyl (C=O) groups excluding carboxylic acids is 2. The molecule has 0 fully saturated rings. The normalized spacial score (nSPS) is 12.1. The van der Waals surface area contributed by atoms with Crippen molar-refractivity contribution in [2.75, 3.05) is 5.32 Å². The highest BCUT2D eigenvalue weighted by molar-refractivity contribution is 6.29. The van der Waals surface area contributed by atoms with Gasteiger partial charge in [-0.15, -0.1) is 0 Å². The Labute approximate surface area is 197 Å². The number of ether oxygens (including phenoxy) is 1. The van der Waals surface area contributed by atoms with E-state index >= 15 is 0 Å². The van der Waals surface area contributed by atoms with Gasteiger partial charge in [-0.1, -0.05) is 23.7 Å². The smallest absolute Gasteiger partial charge is 0.412 e. The van der Waals surface area contributed by atoms with Gasteiger partial charge < -0.3 is 10.1 Å². The first-order valence-electron chi connectivity index (χ1n) is 10.4. The molecule has 0 bridgehead atoms. The molecular weight excluding hydrogens is 442 g/mol. The number of carbonyl (C=O) groups is 2. The van der Waals surface area contributed by atoms with Crippen LogP contribution in [0, 0.1) is 6.92 Å². The fourth-order valence-corrected chi connectivity index (χ4v) is 3.22. The van der Waals surface area contributed by atoms with Crippen molar-refractivity contribution in [2.45, 2.75) is 46.3 Å². The highest BCUT2D eigenvalue weighted by Crippen LogP contribution is 2.21. The summed E-state index contributed by atoms with van der Waals surface area (Å²) in [5.41, 5.74) is 2.63. The van der Waals surface area contributed by atoms with Gasteiger partial charge in [0.05, 0.1) is 29.3 Å². The van der Waals surface area contributed by atoms with Crippen LogP contribution >= 0.6 is 11.6 Å². The summed E-state index contributed by atoms with van der Waals surface area (Å²) in [6.07, 6.45) is 1.01. The molecule has 0 spiro atoms. The lowest BCUT2D eigenvalue weighted by Crippen LogP contribution is -2.27. The van der Waals surface area contributed by atoms with Gasteiger partial charge in [0, 0.05) is 11.1 Å². The van der Waals surface area contributed by atoms with Crippen LogP contribution in [0.1, 0.15) is 55.6 Å². The molecule has 0 saturated heterocycles. The molecule has 0 saturated carbocycles. The predicted molar refractivity (Wildman–Crippen MR) is 127 cm³/mol. The second kappa shape index (κ2) is 9.95. The van der Waals surface area contributed by atoms with Crippen LogP contribution in [-0.2, 0) is 4.74 Å². The molecule has 1 aromatic carbocycles. The van der Waals surface area contributed by atoms with Crippen molar-refractivity contribution in [3.63, 3.8) is 0 Å². The van der Waals surface area contributed by atoms with Crippen LogP contribution in [0.2, 0.25) is 5.15 Å². The maximum Gasteiger partial charge on any atom is 0.412 e. The molecule has 2 aromatic heterocycles. The third-order valence-corrected chi connectivity index (χ3v) is 4.66. The van der Waals surface area contributed by atoms with Gasteiger partial charge in [-0.05, 0) is 65.0 Å². The summed E-state index contributed by atoms with van der Waals surface area (Å²) in [6, 6.07) is 11.9. The number of nitrogens with zero attached hydrogens (tertiary/aromatic N) is 3. The van der Waals surface area contributed by atoms with E-state index in [2.05, 4.69) is 25.6 Å². The summed E-state index contributed by atoms with van der Waals surface area (Å²) in [7, 11) is 0. The minimum atomic E-state index is -0.579. The van der Waals surface area contributed by atoms with E-state index in [1.807, 2.05) is 19.1 Å². The molecule has 9 heteroatoms. The van der Waals surface area contributed by atoms with E-state index in [9.17, 15) is 9.59 Å². The largest absolute Gasteiger partial charge is 0.444 e. The van der Waals surface area contributed by atoms with Gasteiger partial charge in [0.1, 0.15) is 16.6 Å². The van der Waals surface area contributed by atoms with Crippen molar-refractivity contribution < 1.29 is 14.3 Å². The fourth-order valence-electron chi connectivity index (χ4n) is 2.98. The maximum atomic E-state index is 12.6. The molecule has 0 aliphatic heterocycles. The quantitative estimate of drug-likeness (QED) is 0.490. The topological polar surface area (TPSA) is 106 Å². The van der Waals surface area contributed by atoms with E-state index in [0.717, 1.165) is 5.56 Å². The fraction of sp³-hybridized carbons (Fsp3) is 0.292. The van der Waals surface area contributed by atoms with Crippen molar-refractivity contribution in [1.82, 2.24) is 20.3 Å². The van der Waals surface area contributed by atoms with Gasteiger partial charge in [-0.25, -0.2) is 14.8 Å². The number of rotatable bonds is 5. The molecule has 8 nitrogen and oxygen atoms in total. The zero-order valence-corrected chi connectivity index (χ0v) is 19.9. The number of anilines is 1. The highest BCUT2D eigenvalue weighted by Gasteiger charge is 2.17. The van der Waals surface area contributed by atoms with Gasteiger partial charge in [-0.3, -0.25) is 15.1 Å². The van der Waals surface area contributed by atoms with Crippen LogP contribution in [0.5, 0.6) is 0 Å². The standard InChI is InChI=1S/C24H26ClN5O3/c1-14(20-12-21(25)29-15(2)28-20)27-22(31)17-8-6-16(7-9-17)19-11-10-18(13-26-19)30-23(32)33-24(3,4)5/h6-14H,1-5H3,(H,27,31)(H,30,32). The van der Waals surface area contributed by atoms with E-state index in [0.29, 0.717) is 33.6 Å². The predicted octanol–water partition coefficient (Wildman–Crippen LogP) is 5.34. The van der Waals surface area contributed by atoms with Crippen molar-refractivity contribution in [1.29, 1.82) is 0 Å². The summed E-state index contributed by atoms with van der Waals surface area (Å²) in [5, 5.41) is 5.89. The van der Waals surface area contributed by atoms with E-state index in [-0.39, 0.29) is 11.9 Å². The maximum absolute atomic E-state index is 12.6. The minimum Gasteiger partial charge on any atom is -0.444 e. The van der Waals surface area contributed by atoms with E-state index in [1.165, 1.54) is 0 Å². The molecule has 0 aliphatic carbocycles. The van der Waals surface area contributed by atoms with Crippen LogP contribution in [-0.4, -0.2) is 32.6 Å². The number of pyridine rings is 1. The van der Waals surface area contributed by atoms with Gasteiger partial charge in [0.15, 0.2) is 0 Å². The lowest BCUT2D eigenvalue weighted by atomic mass is 10.1. The third kappa shape index (κ3) is 6.98. The second-order valence-corrected chi connectivity index (χ2v) is 8.88. The van der Waals surface area contributed by atoms with Crippen LogP contribution in [0.25, 0.3) is 11.3 Å². The average molecular weight is 468 g/mol. The average Bonchev–Trinajstić information content (AvgIpc) is 2.72. The Morgan fingerprint density at radius 3 is 2.33 bits per heavy atom. The summed E-state index contributed by atoms with van der Waals surface area (Å²) in [6.45, 7) is 8.97. The van der Waals surface area contributed by atoms with Crippen LogP contribution in [0.15, 0.2) is 48.7 Å². The molecule has 2 N–H and O–H groups in total. The lowest BCUT2D eigenvalue weighted by Gasteiger charge is -2.19. The first-order chi connectivity index (χ1) is 15.5. The van der Waals surface area contributed by atoms with Crippen molar-refractivity contribution in [3.8, 4) is 11.3 Å². The second-order valence-electron chi connectivity index (χ2n) is 8.49. The molecule has 1 unspecified atom stereocenters. The molecule has 0 radical (unpaired) electrons.